The van der Waals surface area contributed by atoms with E-state index < -0.39 is 38.8 Å². The Morgan fingerprint density at radius 3 is 1.75 bits per heavy atom. The molecule has 1 amide bonds. The zero-order chi connectivity index (χ0) is 30.6. The van der Waals surface area contributed by atoms with Crippen molar-refractivity contribution in [1.29, 1.82) is 5.26 Å². The fourth-order valence-corrected chi connectivity index (χ4v) is 5.88. The number of benzene rings is 2. The lowest BCUT2D eigenvalue weighted by Crippen LogP contribution is -2.40. The fourth-order valence-electron chi connectivity index (χ4n) is 4.41. The maximum atomic E-state index is 13.9. The first-order valence-electron chi connectivity index (χ1n) is 13.3. The number of carbonyl (C=O) groups is 1. The van der Waals surface area contributed by atoms with Gasteiger partial charge in [0.25, 0.3) is 5.91 Å². The molecule has 0 aliphatic rings. The molecule has 2 atom stereocenters. The van der Waals surface area contributed by atoms with Crippen molar-refractivity contribution >= 4 is 20.6 Å². The van der Waals surface area contributed by atoms with Crippen molar-refractivity contribution < 1.29 is 28.5 Å². The van der Waals surface area contributed by atoms with Crippen molar-refractivity contribution in [3.8, 4) is 11.8 Å². The van der Waals surface area contributed by atoms with E-state index in [4.69, 9.17) is 0 Å². The Labute approximate surface area is 238 Å². The molecule has 2 aromatic carbocycles. The van der Waals surface area contributed by atoms with E-state index in [1.807, 2.05) is 47.6 Å². The molecule has 8 nitrogen and oxygen atoms in total. The van der Waals surface area contributed by atoms with Crippen LogP contribution < -0.4 is 0 Å². The van der Waals surface area contributed by atoms with Gasteiger partial charge in [-0.3, -0.25) is 4.79 Å². The predicted molar refractivity (Wildman–Crippen MR) is 157 cm³/mol. The second kappa shape index (κ2) is 12.5. The maximum Gasteiger partial charge on any atom is 0.254 e. The standard InChI is InChI=1S/C31H42N2O6S/c1-20(34)18-33(19-21(2)35)29(37)22-11-13-24(14-12-22)40(38,39)27(10-9-15-32)23-16-25(30(3,4)5)28(36)26(17-23)31(6,7)8/h10-14,16-17,20-21,34-36H,9,18-19H2,1-8H3/b27-10+. The number of allylic oxidation sites excluding steroid dienone is 1. The molecule has 40 heavy (non-hydrogen) atoms. The lowest BCUT2D eigenvalue weighted by atomic mass is 9.78. The van der Waals surface area contributed by atoms with Gasteiger partial charge in [-0.15, -0.1) is 0 Å². The first-order valence-corrected chi connectivity index (χ1v) is 14.7. The lowest BCUT2D eigenvalue weighted by molar-refractivity contribution is 0.0518. The highest BCUT2D eigenvalue weighted by Crippen LogP contribution is 2.42. The van der Waals surface area contributed by atoms with Crippen molar-refractivity contribution in [2.24, 2.45) is 0 Å². The highest BCUT2D eigenvalue weighted by Gasteiger charge is 2.30. The molecule has 218 valence electrons. The number of phenols is 1. The summed E-state index contributed by atoms with van der Waals surface area (Å²) in [5, 5.41) is 39.9. The first kappa shape index (κ1) is 33.0. The van der Waals surface area contributed by atoms with Gasteiger partial charge in [-0.05, 0) is 66.6 Å². The van der Waals surface area contributed by atoms with Crippen LogP contribution in [0.25, 0.3) is 4.91 Å². The Kier molecular flexibility index (Phi) is 10.4. The Morgan fingerprint density at radius 2 is 1.38 bits per heavy atom. The summed E-state index contributed by atoms with van der Waals surface area (Å²) >= 11 is 0. The van der Waals surface area contributed by atoms with Gasteiger partial charge in [0.2, 0.25) is 9.84 Å². The van der Waals surface area contributed by atoms with Gasteiger partial charge in [0.15, 0.2) is 0 Å². The number of phenolic OH excluding ortho intramolecular Hbond substituents is 1. The maximum absolute atomic E-state index is 13.9. The third-order valence-electron chi connectivity index (χ3n) is 6.35. The van der Waals surface area contributed by atoms with Gasteiger partial charge in [-0.2, -0.15) is 5.26 Å². The second-order valence-electron chi connectivity index (χ2n) is 12.3. The van der Waals surface area contributed by atoms with Crippen molar-refractivity contribution in [1.82, 2.24) is 4.90 Å². The molecular weight excluding hydrogens is 528 g/mol. The predicted octanol–water partition coefficient (Wildman–Crippen LogP) is 4.92. The molecule has 9 heteroatoms. The van der Waals surface area contributed by atoms with Crippen molar-refractivity contribution in [3.63, 3.8) is 0 Å². The van der Waals surface area contributed by atoms with Crippen LogP contribution in [0.2, 0.25) is 0 Å². The van der Waals surface area contributed by atoms with Crippen LogP contribution in [0.4, 0.5) is 0 Å². The number of aliphatic hydroxyl groups excluding tert-OH is 2. The molecule has 2 rings (SSSR count). The van der Waals surface area contributed by atoms with Gasteiger partial charge in [-0.25, -0.2) is 8.42 Å². The summed E-state index contributed by atoms with van der Waals surface area (Å²) in [5.41, 5.74) is 0.767. The summed E-state index contributed by atoms with van der Waals surface area (Å²) in [7, 11) is -4.14. The fraction of sp³-hybridized carbons (Fsp3) is 0.484. The zero-order valence-corrected chi connectivity index (χ0v) is 25.5. The summed E-state index contributed by atoms with van der Waals surface area (Å²) in [5.74, 6) is -0.336. The average molecular weight is 571 g/mol. The number of nitrogens with zero attached hydrogens (tertiary/aromatic N) is 2. The summed E-state index contributed by atoms with van der Waals surface area (Å²) in [4.78, 5) is 14.2. The van der Waals surface area contributed by atoms with E-state index in [0.717, 1.165) is 0 Å². The topological polar surface area (TPSA) is 139 Å². The van der Waals surface area contributed by atoms with Gasteiger partial charge in [-0.1, -0.05) is 47.6 Å². The van der Waals surface area contributed by atoms with Gasteiger partial charge in [0.1, 0.15) is 5.75 Å². The third kappa shape index (κ3) is 7.94. The molecular formula is C31H42N2O6S. The van der Waals surface area contributed by atoms with Gasteiger partial charge in [0, 0.05) is 29.8 Å². The number of amides is 1. The van der Waals surface area contributed by atoms with Crippen molar-refractivity contribution in [3.05, 3.63) is 64.7 Å². The zero-order valence-electron chi connectivity index (χ0n) is 24.7. The van der Waals surface area contributed by atoms with Crippen molar-refractivity contribution in [2.45, 2.75) is 89.7 Å². The van der Waals surface area contributed by atoms with Crippen LogP contribution in [0, 0.1) is 11.3 Å². The molecule has 0 aliphatic carbocycles. The summed E-state index contributed by atoms with van der Waals surface area (Å²) in [6.07, 6.45) is -0.393. The van der Waals surface area contributed by atoms with E-state index in [-0.39, 0.29) is 40.6 Å². The van der Waals surface area contributed by atoms with E-state index in [9.17, 15) is 33.8 Å². The Hall–Kier alpha value is -3.19. The molecule has 0 aromatic heterocycles. The minimum Gasteiger partial charge on any atom is -0.507 e. The van der Waals surface area contributed by atoms with Gasteiger partial charge >= 0.3 is 0 Å². The highest BCUT2D eigenvalue weighted by atomic mass is 32.2. The molecule has 0 aliphatic heterocycles. The molecule has 3 N–H and O–H groups in total. The third-order valence-corrected chi connectivity index (χ3v) is 8.22. The molecule has 2 unspecified atom stereocenters. The van der Waals surface area contributed by atoms with Crippen LogP contribution in [-0.2, 0) is 20.7 Å². The van der Waals surface area contributed by atoms with Crippen LogP contribution in [0.5, 0.6) is 5.75 Å². The van der Waals surface area contributed by atoms with Crippen LogP contribution in [0.3, 0.4) is 0 Å². The van der Waals surface area contributed by atoms with Crippen molar-refractivity contribution in [2.75, 3.05) is 13.1 Å². The lowest BCUT2D eigenvalue weighted by Gasteiger charge is -2.28. The smallest absolute Gasteiger partial charge is 0.254 e. The SMILES string of the molecule is CC(O)CN(CC(C)O)C(=O)c1ccc(S(=O)(=O)/C(=C/CC#N)c2cc(C(C)(C)C)c(O)c(C(C)(C)C)c2)cc1. The van der Waals surface area contributed by atoms with Crippen LogP contribution >= 0.6 is 0 Å². The summed E-state index contributed by atoms with van der Waals surface area (Å²) < 4.78 is 27.9. The molecule has 0 fully saturated rings. The number of aliphatic hydroxyl groups is 2. The molecule has 0 heterocycles. The van der Waals surface area contributed by atoms with E-state index in [1.54, 1.807) is 12.1 Å². The Bertz CT molecular complexity index is 1340. The van der Waals surface area contributed by atoms with Gasteiger partial charge < -0.3 is 20.2 Å². The number of aromatic hydroxyl groups is 1. The normalized spacial score (nSPS) is 14.4. The van der Waals surface area contributed by atoms with E-state index >= 15 is 0 Å². The molecule has 0 saturated carbocycles. The van der Waals surface area contributed by atoms with Crippen LogP contribution in [0.15, 0.2) is 47.4 Å². The molecule has 0 bridgehead atoms. The highest BCUT2D eigenvalue weighted by molar-refractivity contribution is 8.00. The minimum atomic E-state index is -4.14. The van der Waals surface area contributed by atoms with E-state index in [1.165, 1.54) is 49.1 Å². The molecule has 0 spiro atoms. The van der Waals surface area contributed by atoms with Crippen LogP contribution in [-0.4, -0.2) is 59.8 Å². The van der Waals surface area contributed by atoms with E-state index in [2.05, 4.69) is 0 Å². The number of nitriles is 1. The molecule has 0 radical (unpaired) electrons. The average Bonchev–Trinajstić information content (AvgIpc) is 2.82. The van der Waals surface area contributed by atoms with Gasteiger partial charge in [0.05, 0.1) is 34.5 Å². The molecule has 2 aromatic rings. The van der Waals surface area contributed by atoms with E-state index in [0.29, 0.717) is 16.7 Å². The largest absolute Gasteiger partial charge is 0.507 e. The number of hydrogen-bond donors (Lipinski definition) is 3. The quantitative estimate of drug-likeness (QED) is 0.389. The first-order chi connectivity index (χ1) is 18.3. The van der Waals surface area contributed by atoms with Crippen LogP contribution in [0.1, 0.15) is 88.9 Å². The molecule has 0 saturated heterocycles. The Balaban J connectivity index is 2.66. The summed E-state index contributed by atoms with van der Waals surface area (Å²) in [6.45, 7) is 14.7. The summed E-state index contributed by atoms with van der Waals surface area (Å²) in [6, 6.07) is 10.8. The number of sulfone groups is 1. The number of rotatable bonds is 9. The number of hydrogen-bond acceptors (Lipinski definition) is 7. The number of carbonyl (C=O) groups excluding carboxylic acids is 1. The minimum absolute atomic E-state index is 0.0118. The Morgan fingerprint density at radius 1 is 0.925 bits per heavy atom. The second-order valence-corrected chi connectivity index (χ2v) is 14.2. The monoisotopic (exact) mass is 570 g/mol.